The number of fused-ring (bicyclic) bond motifs is 3. The summed E-state index contributed by atoms with van der Waals surface area (Å²) in [5, 5.41) is 3.52. The third-order valence-electron chi connectivity index (χ3n) is 6.86. The molecule has 3 N–H and O–H groups in total. The molecule has 0 aromatic heterocycles. The molecule has 166 valence electrons. The predicted molar refractivity (Wildman–Crippen MR) is 140 cm³/mol. The first kappa shape index (κ1) is 20.4. The molecule has 0 saturated carbocycles. The standard InChI is InChI=1S/C30H26N4/c1-30(2)25-17-21(13-15-23(25)24-16-14-22(31)18-26(24)30)29-33-27(19-9-5-3-6-10-19)32-28(34-29)20-11-7-4-8-12-20/h3-18,27H,31H2,1-2H3,(H,32,33,34). The van der Waals surface area contributed by atoms with Gasteiger partial charge in [-0.25, -0.2) is 9.98 Å². The van der Waals surface area contributed by atoms with Crippen LogP contribution < -0.4 is 11.1 Å². The summed E-state index contributed by atoms with van der Waals surface area (Å²) in [6.07, 6.45) is -0.206. The fourth-order valence-corrected chi connectivity index (χ4v) is 5.02. The molecule has 0 bridgehead atoms. The molecular weight excluding hydrogens is 416 g/mol. The van der Waals surface area contributed by atoms with Crippen LogP contribution >= 0.6 is 0 Å². The molecular formula is C30H26N4. The fourth-order valence-electron chi connectivity index (χ4n) is 5.02. The van der Waals surface area contributed by atoms with Crippen molar-refractivity contribution in [1.29, 1.82) is 0 Å². The van der Waals surface area contributed by atoms with Crippen molar-refractivity contribution in [2.45, 2.75) is 25.4 Å². The molecule has 0 radical (unpaired) electrons. The minimum Gasteiger partial charge on any atom is -0.399 e. The summed E-state index contributed by atoms with van der Waals surface area (Å²) in [6, 6.07) is 33.3. The largest absolute Gasteiger partial charge is 0.399 e. The van der Waals surface area contributed by atoms with Crippen LogP contribution in [-0.2, 0) is 5.41 Å². The average molecular weight is 443 g/mol. The van der Waals surface area contributed by atoms with Crippen molar-refractivity contribution in [3.8, 4) is 11.1 Å². The minimum atomic E-state index is -0.206. The molecule has 2 aliphatic rings. The quantitative estimate of drug-likeness (QED) is 0.378. The highest BCUT2D eigenvalue weighted by Crippen LogP contribution is 2.49. The van der Waals surface area contributed by atoms with E-state index in [1.54, 1.807) is 0 Å². The van der Waals surface area contributed by atoms with Crippen molar-refractivity contribution in [3.63, 3.8) is 0 Å². The molecule has 6 rings (SSSR count). The van der Waals surface area contributed by atoms with E-state index in [1.165, 1.54) is 22.3 Å². The Bertz CT molecular complexity index is 1450. The van der Waals surface area contributed by atoms with Gasteiger partial charge in [-0.2, -0.15) is 0 Å². The van der Waals surface area contributed by atoms with Crippen LogP contribution in [-0.4, -0.2) is 11.7 Å². The zero-order valence-electron chi connectivity index (χ0n) is 19.3. The Hall–Kier alpha value is -4.18. The second kappa shape index (κ2) is 7.70. The van der Waals surface area contributed by atoms with Crippen molar-refractivity contribution in [2.75, 3.05) is 5.73 Å². The van der Waals surface area contributed by atoms with Gasteiger partial charge in [0.25, 0.3) is 0 Å². The highest BCUT2D eigenvalue weighted by Gasteiger charge is 2.36. The van der Waals surface area contributed by atoms with E-state index in [0.29, 0.717) is 0 Å². The lowest BCUT2D eigenvalue weighted by Crippen LogP contribution is -2.33. The first-order valence-corrected chi connectivity index (χ1v) is 11.6. The zero-order chi connectivity index (χ0) is 23.3. The number of nitrogen functional groups attached to an aromatic ring is 1. The molecule has 34 heavy (non-hydrogen) atoms. The molecule has 0 spiro atoms. The van der Waals surface area contributed by atoms with Gasteiger partial charge in [0, 0.05) is 22.2 Å². The second-order valence-electron chi connectivity index (χ2n) is 9.43. The Morgan fingerprint density at radius 2 is 1.38 bits per heavy atom. The monoisotopic (exact) mass is 442 g/mol. The number of benzene rings is 4. The molecule has 1 unspecified atom stereocenters. The van der Waals surface area contributed by atoms with Crippen LogP contribution in [0.4, 0.5) is 5.69 Å². The van der Waals surface area contributed by atoms with Gasteiger partial charge in [-0.1, -0.05) is 92.7 Å². The van der Waals surface area contributed by atoms with Gasteiger partial charge in [0.15, 0.2) is 5.84 Å². The molecule has 4 heteroatoms. The minimum absolute atomic E-state index is 0.145. The third-order valence-corrected chi connectivity index (χ3v) is 6.86. The first-order valence-electron chi connectivity index (χ1n) is 11.6. The number of aliphatic imine (C=N–C) groups is 2. The number of hydrogen-bond acceptors (Lipinski definition) is 4. The van der Waals surface area contributed by atoms with Crippen LogP contribution in [0.25, 0.3) is 11.1 Å². The number of nitrogens with one attached hydrogen (secondary N) is 1. The summed E-state index contributed by atoms with van der Waals surface area (Å²) in [5.74, 6) is 1.57. The van der Waals surface area contributed by atoms with Crippen molar-refractivity contribution in [1.82, 2.24) is 5.32 Å². The summed E-state index contributed by atoms with van der Waals surface area (Å²) < 4.78 is 0. The Labute approximate surface area is 199 Å². The number of amidine groups is 2. The molecule has 1 aliphatic carbocycles. The number of hydrogen-bond donors (Lipinski definition) is 2. The topological polar surface area (TPSA) is 62.8 Å². The molecule has 1 atom stereocenters. The van der Waals surface area contributed by atoms with Crippen LogP contribution in [0.1, 0.15) is 47.8 Å². The van der Waals surface area contributed by atoms with E-state index >= 15 is 0 Å². The maximum absolute atomic E-state index is 6.13. The number of nitrogens with two attached hydrogens (primary N) is 1. The highest BCUT2D eigenvalue weighted by molar-refractivity contribution is 6.13. The van der Waals surface area contributed by atoms with E-state index < -0.39 is 0 Å². The van der Waals surface area contributed by atoms with Crippen LogP contribution in [0.2, 0.25) is 0 Å². The molecule has 4 aromatic carbocycles. The summed E-state index contributed by atoms with van der Waals surface area (Å²) in [6.45, 7) is 4.52. The average Bonchev–Trinajstić information content (AvgIpc) is 3.10. The second-order valence-corrected chi connectivity index (χ2v) is 9.43. The van der Waals surface area contributed by atoms with E-state index in [4.69, 9.17) is 15.7 Å². The lowest BCUT2D eigenvalue weighted by atomic mass is 9.82. The molecule has 4 nitrogen and oxygen atoms in total. The summed E-state index contributed by atoms with van der Waals surface area (Å²) in [5.41, 5.74) is 15.0. The van der Waals surface area contributed by atoms with E-state index in [-0.39, 0.29) is 11.6 Å². The molecule has 0 amide bonds. The lowest BCUT2D eigenvalue weighted by molar-refractivity contribution is 0.660. The van der Waals surface area contributed by atoms with Gasteiger partial charge in [0.2, 0.25) is 0 Å². The van der Waals surface area contributed by atoms with Gasteiger partial charge in [0.1, 0.15) is 12.0 Å². The third kappa shape index (κ3) is 3.30. The van der Waals surface area contributed by atoms with Crippen molar-refractivity contribution in [3.05, 3.63) is 125 Å². The normalized spacial score (nSPS) is 17.8. The maximum atomic E-state index is 6.13. The molecule has 4 aromatic rings. The Morgan fingerprint density at radius 1 is 0.735 bits per heavy atom. The Balaban J connectivity index is 1.48. The molecule has 0 saturated heterocycles. The van der Waals surface area contributed by atoms with Gasteiger partial charge < -0.3 is 11.1 Å². The Kier molecular flexibility index (Phi) is 4.63. The predicted octanol–water partition coefficient (Wildman–Crippen LogP) is 6.07. The SMILES string of the molecule is CC1(C)c2cc(N)ccc2-c2ccc(C3=NC(c4ccccc4)NC(c4ccccc4)=N3)cc21. The van der Waals surface area contributed by atoms with Crippen molar-refractivity contribution >= 4 is 17.4 Å². The van der Waals surface area contributed by atoms with Gasteiger partial charge in [-0.3, -0.25) is 0 Å². The van der Waals surface area contributed by atoms with Gasteiger partial charge >= 0.3 is 0 Å². The van der Waals surface area contributed by atoms with E-state index in [2.05, 4.69) is 73.8 Å². The van der Waals surface area contributed by atoms with Gasteiger partial charge in [-0.05, 0) is 46.0 Å². The van der Waals surface area contributed by atoms with E-state index in [1.807, 2.05) is 42.5 Å². The lowest BCUT2D eigenvalue weighted by Gasteiger charge is -2.25. The first-order chi connectivity index (χ1) is 16.5. The summed E-state index contributed by atoms with van der Waals surface area (Å²) >= 11 is 0. The highest BCUT2D eigenvalue weighted by atomic mass is 15.2. The Morgan fingerprint density at radius 3 is 2.12 bits per heavy atom. The maximum Gasteiger partial charge on any atom is 0.159 e. The van der Waals surface area contributed by atoms with Gasteiger partial charge in [0.05, 0.1) is 0 Å². The molecule has 0 fully saturated rings. The number of nitrogens with zero attached hydrogens (tertiary/aromatic N) is 2. The van der Waals surface area contributed by atoms with E-state index in [0.717, 1.165) is 34.0 Å². The summed E-state index contributed by atoms with van der Waals surface area (Å²) in [4.78, 5) is 10.0. The zero-order valence-corrected chi connectivity index (χ0v) is 19.3. The van der Waals surface area contributed by atoms with Gasteiger partial charge in [-0.15, -0.1) is 0 Å². The van der Waals surface area contributed by atoms with Crippen LogP contribution in [0.5, 0.6) is 0 Å². The smallest absolute Gasteiger partial charge is 0.159 e. The van der Waals surface area contributed by atoms with Crippen LogP contribution in [0.15, 0.2) is 107 Å². The molecule has 1 heterocycles. The molecule has 1 aliphatic heterocycles. The fraction of sp³-hybridized carbons (Fsp3) is 0.133. The van der Waals surface area contributed by atoms with Crippen LogP contribution in [0, 0.1) is 0 Å². The van der Waals surface area contributed by atoms with Crippen LogP contribution in [0.3, 0.4) is 0 Å². The number of anilines is 1. The van der Waals surface area contributed by atoms with E-state index in [9.17, 15) is 0 Å². The summed E-state index contributed by atoms with van der Waals surface area (Å²) in [7, 11) is 0. The van der Waals surface area contributed by atoms with Crippen molar-refractivity contribution < 1.29 is 0 Å². The number of rotatable bonds is 3. The van der Waals surface area contributed by atoms with Crippen molar-refractivity contribution in [2.24, 2.45) is 9.98 Å².